The standard InChI is InChI=1S/C15H10F2N2O/c16-12-5-6-14(11(7-12)9-18)19-15(20)8-10-3-1-2-4-13(10)17/h1-7H,8H2,(H,19,20). The maximum absolute atomic E-state index is 13.4. The van der Waals surface area contributed by atoms with Crippen LogP contribution in [0.4, 0.5) is 14.5 Å². The lowest BCUT2D eigenvalue weighted by atomic mass is 10.1. The van der Waals surface area contributed by atoms with E-state index in [4.69, 9.17) is 5.26 Å². The Kier molecular flexibility index (Phi) is 4.06. The third-order valence-corrected chi connectivity index (χ3v) is 2.69. The molecule has 0 radical (unpaired) electrons. The van der Waals surface area contributed by atoms with Crippen LogP contribution in [0.5, 0.6) is 0 Å². The molecular weight excluding hydrogens is 262 g/mol. The monoisotopic (exact) mass is 272 g/mol. The van der Waals surface area contributed by atoms with Crippen molar-refractivity contribution >= 4 is 11.6 Å². The fourth-order valence-electron chi connectivity index (χ4n) is 1.73. The topological polar surface area (TPSA) is 52.9 Å². The molecule has 3 nitrogen and oxygen atoms in total. The summed E-state index contributed by atoms with van der Waals surface area (Å²) >= 11 is 0. The molecule has 0 aliphatic heterocycles. The molecule has 20 heavy (non-hydrogen) atoms. The largest absolute Gasteiger partial charge is 0.325 e. The number of benzene rings is 2. The molecule has 2 aromatic carbocycles. The summed E-state index contributed by atoms with van der Waals surface area (Å²) in [5, 5.41) is 11.3. The Morgan fingerprint density at radius 1 is 1.20 bits per heavy atom. The first-order valence-electron chi connectivity index (χ1n) is 5.83. The van der Waals surface area contributed by atoms with Crippen molar-refractivity contribution in [3.63, 3.8) is 0 Å². The smallest absolute Gasteiger partial charge is 0.228 e. The fourth-order valence-corrected chi connectivity index (χ4v) is 1.73. The zero-order valence-electron chi connectivity index (χ0n) is 10.4. The van der Waals surface area contributed by atoms with Crippen molar-refractivity contribution in [3.05, 3.63) is 65.2 Å². The lowest BCUT2D eigenvalue weighted by Crippen LogP contribution is -2.16. The third-order valence-electron chi connectivity index (χ3n) is 2.69. The highest BCUT2D eigenvalue weighted by molar-refractivity contribution is 5.93. The van der Waals surface area contributed by atoms with E-state index in [0.29, 0.717) is 0 Å². The molecule has 0 saturated heterocycles. The average Bonchev–Trinajstić information content (AvgIpc) is 2.43. The fraction of sp³-hybridized carbons (Fsp3) is 0.0667. The number of anilines is 1. The lowest BCUT2D eigenvalue weighted by Gasteiger charge is -2.07. The second-order valence-corrected chi connectivity index (χ2v) is 4.12. The Balaban J connectivity index is 2.13. The van der Waals surface area contributed by atoms with Crippen LogP contribution in [-0.2, 0) is 11.2 Å². The molecule has 5 heteroatoms. The van der Waals surface area contributed by atoms with Gasteiger partial charge in [-0.25, -0.2) is 8.78 Å². The van der Waals surface area contributed by atoms with Crippen LogP contribution < -0.4 is 5.32 Å². The maximum Gasteiger partial charge on any atom is 0.228 e. The van der Waals surface area contributed by atoms with Crippen LogP contribution in [0.2, 0.25) is 0 Å². The van der Waals surface area contributed by atoms with Crippen molar-refractivity contribution < 1.29 is 13.6 Å². The van der Waals surface area contributed by atoms with E-state index in [9.17, 15) is 13.6 Å². The van der Waals surface area contributed by atoms with Crippen molar-refractivity contribution in [1.82, 2.24) is 0 Å². The van der Waals surface area contributed by atoms with Gasteiger partial charge in [0.15, 0.2) is 0 Å². The molecule has 100 valence electrons. The van der Waals surface area contributed by atoms with Crippen molar-refractivity contribution in [2.45, 2.75) is 6.42 Å². The van der Waals surface area contributed by atoms with Crippen LogP contribution in [0, 0.1) is 23.0 Å². The van der Waals surface area contributed by atoms with E-state index in [1.165, 1.54) is 24.3 Å². The number of nitriles is 1. The summed E-state index contributed by atoms with van der Waals surface area (Å²) < 4.78 is 26.4. The van der Waals surface area contributed by atoms with Crippen LogP contribution in [0.3, 0.4) is 0 Å². The van der Waals surface area contributed by atoms with Gasteiger partial charge in [0.2, 0.25) is 5.91 Å². The minimum Gasteiger partial charge on any atom is -0.325 e. The zero-order valence-corrected chi connectivity index (χ0v) is 10.4. The highest BCUT2D eigenvalue weighted by atomic mass is 19.1. The van der Waals surface area contributed by atoms with Crippen LogP contribution in [-0.4, -0.2) is 5.91 Å². The van der Waals surface area contributed by atoms with E-state index in [0.717, 1.165) is 12.1 Å². The Morgan fingerprint density at radius 2 is 1.95 bits per heavy atom. The van der Waals surface area contributed by atoms with Crippen LogP contribution in [0.1, 0.15) is 11.1 Å². The van der Waals surface area contributed by atoms with E-state index in [1.54, 1.807) is 12.1 Å². The number of hydrogen-bond donors (Lipinski definition) is 1. The molecule has 0 aliphatic carbocycles. The van der Waals surface area contributed by atoms with Gasteiger partial charge < -0.3 is 5.32 Å². The molecule has 0 bridgehead atoms. The Bertz CT molecular complexity index is 693. The Hall–Kier alpha value is -2.74. The number of amides is 1. The quantitative estimate of drug-likeness (QED) is 0.933. The van der Waals surface area contributed by atoms with Gasteiger partial charge in [-0.2, -0.15) is 5.26 Å². The van der Waals surface area contributed by atoms with Crippen molar-refractivity contribution in [2.24, 2.45) is 0 Å². The highest BCUT2D eigenvalue weighted by Crippen LogP contribution is 2.16. The van der Waals surface area contributed by atoms with E-state index >= 15 is 0 Å². The third kappa shape index (κ3) is 3.18. The number of carbonyl (C=O) groups is 1. The number of nitrogens with zero attached hydrogens (tertiary/aromatic N) is 1. The maximum atomic E-state index is 13.4. The second-order valence-electron chi connectivity index (χ2n) is 4.12. The molecule has 0 aromatic heterocycles. The Labute approximate surface area is 114 Å². The number of nitrogens with one attached hydrogen (secondary N) is 1. The van der Waals surface area contributed by atoms with Gasteiger partial charge in [-0.1, -0.05) is 18.2 Å². The van der Waals surface area contributed by atoms with Crippen LogP contribution in [0.15, 0.2) is 42.5 Å². The first kappa shape index (κ1) is 13.7. The minimum atomic E-state index is -0.561. The predicted molar refractivity (Wildman–Crippen MR) is 69.8 cm³/mol. The molecule has 0 heterocycles. The summed E-state index contributed by atoms with van der Waals surface area (Å²) in [5.74, 6) is -1.51. The second kappa shape index (κ2) is 5.93. The first-order valence-corrected chi connectivity index (χ1v) is 5.83. The van der Waals surface area contributed by atoms with E-state index in [1.807, 2.05) is 0 Å². The average molecular weight is 272 g/mol. The zero-order chi connectivity index (χ0) is 14.5. The van der Waals surface area contributed by atoms with Gasteiger partial charge in [-0.3, -0.25) is 4.79 Å². The number of carbonyl (C=O) groups excluding carboxylic acids is 1. The number of halogens is 2. The molecule has 0 atom stereocenters. The summed E-state index contributed by atoms with van der Waals surface area (Å²) in [6, 6.07) is 11.2. The van der Waals surface area contributed by atoms with E-state index < -0.39 is 17.5 Å². The van der Waals surface area contributed by atoms with Crippen molar-refractivity contribution in [1.29, 1.82) is 5.26 Å². The molecule has 2 rings (SSSR count). The summed E-state index contributed by atoms with van der Waals surface area (Å²) in [4.78, 5) is 11.8. The number of rotatable bonds is 3. The van der Waals surface area contributed by atoms with Crippen LogP contribution >= 0.6 is 0 Å². The Morgan fingerprint density at radius 3 is 2.65 bits per heavy atom. The summed E-state index contributed by atoms with van der Waals surface area (Å²) in [6.07, 6.45) is -0.158. The lowest BCUT2D eigenvalue weighted by molar-refractivity contribution is -0.115. The SMILES string of the molecule is N#Cc1cc(F)ccc1NC(=O)Cc1ccccc1F. The van der Waals surface area contributed by atoms with Crippen LogP contribution in [0.25, 0.3) is 0 Å². The number of hydrogen-bond acceptors (Lipinski definition) is 2. The molecule has 2 aromatic rings. The van der Waals surface area contributed by atoms with E-state index in [-0.39, 0.29) is 23.2 Å². The highest BCUT2D eigenvalue weighted by Gasteiger charge is 2.10. The van der Waals surface area contributed by atoms with Gasteiger partial charge in [0.05, 0.1) is 17.7 Å². The molecule has 0 aliphatic rings. The first-order chi connectivity index (χ1) is 9.60. The van der Waals surface area contributed by atoms with Gasteiger partial charge in [0.1, 0.15) is 17.7 Å². The molecule has 0 spiro atoms. The van der Waals surface area contributed by atoms with Gasteiger partial charge in [-0.05, 0) is 29.8 Å². The van der Waals surface area contributed by atoms with Gasteiger partial charge in [0, 0.05) is 0 Å². The summed E-state index contributed by atoms with van der Waals surface area (Å²) in [6.45, 7) is 0. The van der Waals surface area contributed by atoms with Crippen molar-refractivity contribution in [3.8, 4) is 6.07 Å². The van der Waals surface area contributed by atoms with E-state index in [2.05, 4.69) is 5.32 Å². The molecule has 1 N–H and O–H groups in total. The normalized spacial score (nSPS) is 9.85. The molecule has 0 saturated carbocycles. The summed E-state index contributed by atoms with van der Waals surface area (Å²) in [5.41, 5.74) is 0.479. The van der Waals surface area contributed by atoms with Gasteiger partial charge >= 0.3 is 0 Å². The molecular formula is C15H10F2N2O. The minimum absolute atomic E-state index is 0.0203. The summed E-state index contributed by atoms with van der Waals surface area (Å²) in [7, 11) is 0. The van der Waals surface area contributed by atoms with Crippen molar-refractivity contribution in [2.75, 3.05) is 5.32 Å². The van der Waals surface area contributed by atoms with Gasteiger partial charge in [0.25, 0.3) is 0 Å². The molecule has 0 fully saturated rings. The predicted octanol–water partition coefficient (Wildman–Crippen LogP) is 3.02. The molecule has 0 unspecified atom stereocenters. The van der Waals surface area contributed by atoms with Gasteiger partial charge in [-0.15, -0.1) is 0 Å². The molecule has 1 amide bonds.